The number of anilines is 1. The van der Waals surface area contributed by atoms with E-state index < -0.39 is 22.0 Å². The van der Waals surface area contributed by atoms with Crippen LogP contribution in [0.2, 0.25) is 0 Å². The first-order valence-corrected chi connectivity index (χ1v) is 10.1. The Kier molecular flexibility index (Phi) is 6.57. The number of nitrogens with zero attached hydrogens (tertiary/aromatic N) is 2. The van der Waals surface area contributed by atoms with Crippen molar-refractivity contribution in [3.8, 4) is 5.75 Å². The molecule has 0 saturated carbocycles. The van der Waals surface area contributed by atoms with E-state index in [9.17, 15) is 13.2 Å². The van der Waals surface area contributed by atoms with Crippen LogP contribution in [-0.2, 0) is 14.8 Å². The predicted octanol–water partition coefficient (Wildman–Crippen LogP) is 2.31. The minimum Gasteiger partial charge on any atom is -0.497 e. The summed E-state index contributed by atoms with van der Waals surface area (Å²) in [6.45, 7) is 3.46. The summed E-state index contributed by atoms with van der Waals surface area (Å²) in [6.07, 6.45) is 2.56. The Morgan fingerprint density at radius 3 is 2.44 bits per heavy atom. The quantitative estimate of drug-likeness (QED) is 0.581. The molecule has 0 unspecified atom stereocenters. The summed E-state index contributed by atoms with van der Waals surface area (Å²) < 4.78 is 30.6. The van der Waals surface area contributed by atoms with E-state index in [1.54, 1.807) is 24.3 Å². The van der Waals surface area contributed by atoms with Crippen LogP contribution in [0.4, 0.5) is 5.69 Å². The molecule has 0 aliphatic heterocycles. The molecule has 0 radical (unpaired) electrons. The molecule has 0 aromatic heterocycles. The molecule has 27 heavy (non-hydrogen) atoms. The largest absolute Gasteiger partial charge is 0.497 e. The third kappa shape index (κ3) is 5.55. The maximum Gasteiger partial charge on any atom is 0.263 e. The van der Waals surface area contributed by atoms with Gasteiger partial charge in [0.15, 0.2) is 0 Å². The summed E-state index contributed by atoms with van der Waals surface area (Å²) in [5.74, 6) is 0.0483. The molecule has 1 amide bonds. The Bertz CT molecular complexity index is 924. The van der Waals surface area contributed by atoms with Gasteiger partial charge in [-0.15, -0.1) is 0 Å². The average Bonchev–Trinajstić information content (AvgIpc) is 2.61. The zero-order valence-corrected chi connectivity index (χ0v) is 16.5. The highest BCUT2D eigenvalue weighted by atomic mass is 32.2. The molecular weight excluding hydrogens is 366 g/mol. The summed E-state index contributed by atoms with van der Waals surface area (Å²) >= 11 is 0. The number of hydrogen-bond donors (Lipinski definition) is 1. The monoisotopic (exact) mass is 389 g/mol. The number of benzene rings is 2. The zero-order chi connectivity index (χ0) is 20.0. The predicted molar refractivity (Wildman–Crippen MR) is 107 cm³/mol. The van der Waals surface area contributed by atoms with Crippen molar-refractivity contribution in [1.29, 1.82) is 0 Å². The van der Waals surface area contributed by atoms with Crippen LogP contribution in [0.25, 0.3) is 0 Å². The molecule has 0 fully saturated rings. The van der Waals surface area contributed by atoms with Gasteiger partial charge in [0.2, 0.25) is 10.0 Å². The van der Waals surface area contributed by atoms with Crippen LogP contribution in [0.1, 0.15) is 18.1 Å². The van der Waals surface area contributed by atoms with Crippen LogP contribution in [0, 0.1) is 6.92 Å². The van der Waals surface area contributed by atoms with Crippen molar-refractivity contribution in [2.24, 2.45) is 5.10 Å². The Hall–Kier alpha value is -2.87. The van der Waals surface area contributed by atoms with Gasteiger partial charge in [0.25, 0.3) is 5.91 Å². The summed E-state index contributed by atoms with van der Waals surface area (Å²) in [4.78, 5) is 12.4. The van der Waals surface area contributed by atoms with Gasteiger partial charge in [0.1, 0.15) is 11.8 Å². The molecule has 0 bridgehead atoms. The number of amides is 1. The van der Waals surface area contributed by atoms with E-state index in [-0.39, 0.29) is 0 Å². The van der Waals surface area contributed by atoms with Gasteiger partial charge in [-0.3, -0.25) is 9.10 Å². The molecule has 0 aliphatic rings. The minimum absolute atomic E-state index is 0.364. The second-order valence-electron chi connectivity index (χ2n) is 6.08. The van der Waals surface area contributed by atoms with Crippen molar-refractivity contribution >= 4 is 27.8 Å². The minimum atomic E-state index is -3.68. The lowest BCUT2D eigenvalue weighted by Gasteiger charge is -2.27. The van der Waals surface area contributed by atoms with Gasteiger partial charge in [-0.2, -0.15) is 5.10 Å². The topological polar surface area (TPSA) is 88.1 Å². The zero-order valence-electron chi connectivity index (χ0n) is 15.7. The van der Waals surface area contributed by atoms with Crippen molar-refractivity contribution in [3.05, 3.63) is 59.7 Å². The standard InChI is InChI=1S/C19H23N3O4S/c1-14-6-5-7-16(12-14)13-20-21-19(23)15(2)22(27(4,24)25)17-8-10-18(26-3)11-9-17/h5-13,15H,1-4H3,(H,21,23)/b20-13-/t15-/m0/s1. The average molecular weight is 389 g/mol. The number of carbonyl (C=O) groups is 1. The first-order valence-electron chi connectivity index (χ1n) is 8.25. The van der Waals surface area contributed by atoms with Crippen LogP contribution in [0.3, 0.4) is 0 Å². The Balaban J connectivity index is 2.16. The number of rotatable bonds is 7. The highest BCUT2D eigenvalue weighted by Gasteiger charge is 2.29. The van der Waals surface area contributed by atoms with Gasteiger partial charge in [0.05, 0.1) is 25.3 Å². The van der Waals surface area contributed by atoms with Gasteiger partial charge in [-0.25, -0.2) is 13.8 Å². The first kappa shape index (κ1) is 20.4. The first-order chi connectivity index (χ1) is 12.7. The van der Waals surface area contributed by atoms with E-state index in [1.165, 1.54) is 20.2 Å². The number of carbonyl (C=O) groups excluding carboxylic acids is 1. The van der Waals surface area contributed by atoms with Gasteiger partial charge in [-0.1, -0.05) is 29.8 Å². The third-order valence-electron chi connectivity index (χ3n) is 3.85. The maximum absolute atomic E-state index is 12.4. The lowest BCUT2D eigenvalue weighted by molar-refractivity contribution is -0.121. The second kappa shape index (κ2) is 8.68. The third-order valence-corrected chi connectivity index (χ3v) is 5.09. The van der Waals surface area contributed by atoms with Crippen molar-refractivity contribution in [2.45, 2.75) is 19.9 Å². The van der Waals surface area contributed by atoms with Crippen LogP contribution in [0.15, 0.2) is 53.6 Å². The number of nitrogens with one attached hydrogen (secondary N) is 1. The molecular formula is C19H23N3O4S. The molecule has 2 aromatic carbocycles. The van der Waals surface area contributed by atoms with Gasteiger partial charge < -0.3 is 4.74 Å². The molecule has 144 valence electrons. The van der Waals surface area contributed by atoms with E-state index in [0.717, 1.165) is 21.7 Å². The number of hydrogen-bond acceptors (Lipinski definition) is 5. The molecule has 0 heterocycles. The normalized spacial score (nSPS) is 12.6. The Labute approximate surface area is 159 Å². The fourth-order valence-electron chi connectivity index (χ4n) is 2.55. The summed E-state index contributed by atoms with van der Waals surface area (Å²) in [7, 11) is -2.17. The maximum atomic E-state index is 12.4. The van der Waals surface area contributed by atoms with Crippen LogP contribution < -0.4 is 14.5 Å². The molecule has 8 heteroatoms. The summed E-state index contributed by atoms with van der Waals surface area (Å²) in [5, 5.41) is 3.92. The lowest BCUT2D eigenvalue weighted by Crippen LogP contribution is -2.46. The number of ether oxygens (including phenoxy) is 1. The van der Waals surface area contributed by atoms with Crippen molar-refractivity contribution in [2.75, 3.05) is 17.7 Å². The van der Waals surface area contributed by atoms with Crippen LogP contribution in [-0.4, -0.2) is 39.9 Å². The highest BCUT2D eigenvalue weighted by molar-refractivity contribution is 7.92. The van der Waals surface area contributed by atoms with E-state index >= 15 is 0 Å². The number of hydrazone groups is 1. The van der Waals surface area contributed by atoms with E-state index in [1.807, 2.05) is 31.2 Å². The molecule has 1 atom stereocenters. The number of methoxy groups -OCH3 is 1. The molecule has 7 nitrogen and oxygen atoms in total. The Morgan fingerprint density at radius 1 is 1.22 bits per heavy atom. The van der Waals surface area contributed by atoms with Crippen molar-refractivity contribution < 1.29 is 17.9 Å². The summed E-state index contributed by atoms with van der Waals surface area (Å²) in [6, 6.07) is 13.1. The Morgan fingerprint density at radius 2 is 1.89 bits per heavy atom. The number of sulfonamides is 1. The molecule has 2 aromatic rings. The highest BCUT2D eigenvalue weighted by Crippen LogP contribution is 2.23. The second-order valence-corrected chi connectivity index (χ2v) is 7.94. The molecule has 0 saturated heterocycles. The van der Waals surface area contributed by atoms with Crippen molar-refractivity contribution in [1.82, 2.24) is 5.43 Å². The van der Waals surface area contributed by atoms with Crippen molar-refractivity contribution in [3.63, 3.8) is 0 Å². The molecule has 0 aliphatic carbocycles. The van der Waals surface area contributed by atoms with E-state index in [2.05, 4.69) is 10.5 Å². The molecule has 0 spiro atoms. The van der Waals surface area contributed by atoms with Gasteiger partial charge in [-0.05, 0) is 43.7 Å². The smallest absolute Gasteiger partial charge is 0.263 e. The fourth-order valence-corrected chi connectivity index (χ4v) is 3.73. The van der Waals surface area contributed by atoms with E-state index in [4.69, 9.17) is 4.74 Å². The fraction of sp³-hybridized carbons (Fsp3) is 0.263. The van der Waals surface area contributed by atoms with E-state index in [0.29, 0.717) is 11.4 Å². The van der Waals surface area contributed by atoms with Gasteiger partial charge in [0, 0.05) is 0 Å². The lowest BCUT2D eigenvalue weighted by atomic mass is 10.2. The van der Waals surface area contributed by atoms with Crippen LogP contribution >= 0.6 is 0 Å². The van der Waals surface area contributed by atoms with Crippen LogP contribution in [0.5, 0.6) is 5.75 Å². The SMILES string of the molecule is COc1ccc(N([C@@H](C)C(=O)N/N=C\c2cccc(C)c2)S(C)(=O)=O)cc1. The molecule has 2 rings (SSSR count). The molecule has 1 N–H and O–H groups in total. The number of aryl methyl sites for hydroxylation is 1. The summed E-state index contributed by atoms with van der Waals surface area (Å²) in [5.41, 5.74) is 4.66. The van der Waals surface area contributed by atoms with Gasteiger partial charge >= 0.3 is 0 Å².